The van der Waals surface area contributed by atoms with Crippen molar-refractivity contribution in [3.05, 3.63) is 24.6 Å². The highest BCUT2D eigenvalue weighted by molar-refractivity contribution is 14.1. The van der Waals surface area contributed by atoms with Crippen molar-refractivity contribution in [2.75, 3.05) is 7.11 Å². The Labute approximate surface area is 118 Å². The monoisotopic (exact) mass is 453 g/mol. The first-order valence-corrected chi connectivity index (χ1v) is 6.30. The number of aromatic nitrogens is 1. The molecule has 0 N–H and O–H groups in total. The second-order valence-electron chi connectivity index (χ2n) is 2.83. The van der Waals surface area contributed by atoms with Crippen LogP contribution in [0.4, 0.5) is 8.78 Å². The first kappa shape index (κ1) is 14.0. The predicted molar refractivity (Wildman–Crippen MR) is 70.3 cm³/mol. The van der Waals surface area contributed by atoms with E-state index in [0.29, 0.717) is 12.8 Å². The third kappa shape index (κ3) is 3.22. The number of ether oxygens (including phenoxy) is 1. The normalized spacial score (nSPS) is 10.6. The number of carbonyl (C=O) groups is 1. The fourth-order valence-electron chi connectivity index (χ4n) is 1.05. The van der Waals surface area contributed by atoms with Gasteiger partial charge in [-0.05, 0) is 45.2 Å². The van der Waals surface area contributed by atoms with Crippen LogP contribution < -0.4 is 0 Å². The minimum atomic E-state index is -2.57. The minimum absolute atomic E-state index is 0.0740. The first-order chi connectivity index (χ1) is 7.47. The number of hydrogen-bond donors (Lipinski definition) is 0. The van der Waals surface area contributed by atoms with Gasteiger partial charge in [0.1, 0.15) is 0 Å². The Bertz CT molecular complexity index is 413. The number of carbonyl (C=O) groups excluding carboxylic acids is 1. The lowest BCUT2D eigenvalue weighted by atomic mass is 10.2. The molecule has 3 nitrogen and oxygen atoms in total. The third-order valence-electron chi connectivity index (χ3n) is 1.84. The fraction of sp³-hybridized carbons (Fsp3) is 0.333. The molecule has 0 atom stereocenters. The van der Waals surface area contributed by atoms with Crippen molar-refractivity contribution < 1.29 is 18.3 Å². The summed E-state index contributed by atoms with van der Waals surface area (Å²) in [5.74, 6) is -0.494. The number of esters is 1. The Hall–Kier alpha value is -0.0600. The summed E-state index contributed by atoms with van der Waals surface area (Å²) in [7, 11) is 1.25. The van der Waals surface area contributed by atoms with Gasteiger partial charge in [-0.15, -0.1) is 0 Å². The number of nitrogens with zero attached hydrogens (tertiary/aromatic N) is 1. The van der Waals surface area contributed by atoms with Crippen molar-refractivity contribution in [1.82, 2.24) is 4.98 Å². The molecule has 0 amide bonds. The molecular weight excluding hydrogens is 446 g/mol. The Balaban J connectivity index is 3.13. The maximum Gasteiger partial charge on any atom is 0.311 e. The van der Waals surface area contributed by atoms with E-state index in [2.05, 4.69) is 9.72 Å². The summed E-state index contributed by atoms with van der Waals surface area (Å²) in [6.45, 7) is 0. The van der Waals surface area contributed by atoms with E-state index in [-0.39, 0.29) is 12.0 Å². The van der Waals surface area contributed by atoms with Gasteiger partial charge in [-0.2, -0.15) is 0 Å². The molecule has 1 aromatic heterocycles. The second-order valence-corrected chi connectivity index (χ2v) is 5.08. The van der Waals surface area contributed by atoms with Crippen LogP contribution in [0, 0.1) is 7.14 Å². The smallest absolute Gasteiger partial charge is 0.311 e. The zero-order valence-corrected chi connectivity index (χ0v) is 12.5. The molecule has 0 unspecified atom stereocenters. The van der Waals surface area contributed by atoms with Gasteiger partial charge in [0.05, 0.1) is 19.2 Å². The van der Waals surface area contributed by atoms with Gasteiger partial charge in [0.25, 0.3) is 6.43 Å². The van der Waals surface area contributed by atoms with E-state index in [9.17, 15) is 13.6 Å². The zero-order chi connectivity index (χ0) is 12.3. The Morgan fingerprint density at radius 3 is 2.69 bits per heavy atom. The Morgan fingerprint density at radius 2 is 2.19 bits per heavy atom. The molecule has 1 heterocycles. The maximum atomic E-state index is 12.7. The van der Waals surface area contributed by atoms with Gasteiger partial charge in [0.2, 0.25) is 0 Å². The lowest BCUT2D eigenvalue weighted by Gasteiger charge is -2.09. The van der Waals surface area contributed by atoms with Crippen molar-refractivity contribution in [2.24, 2.45) is 0 Å². The molecule has 0 spiro atoms. The molecule has 0 aliphatic rings. The van der Waals surface area contributed by atoms with E-state index in [1.165, 1.54) is 13.3 Å². The quantitative estimate of drug-likeness (QED) is 0.523. The molecule has 1 rings (SSSR count). The summed E-state index contributed by atoms with van der Waals surface area (Å²) in [4.78, 5) is 15.0. The van der Waals surface area contributed by atoms with Crippen molar-refractivity contribution in [1.29, 1.82) is 0 Å². The van der Waals surface area contributed by atoms with E-state index >= 15 is 0 Å². The van der Waals surface area contributed by atoms with Crippen LogP contribution >= 0.6 is 45.2 Å². The van der Waals surface area contributed by atoms with Crippen LogP contribution in [0.1, 0.15) is 17.7 Å². The summed E-state index contributed by atoms with van der Waals surface area (Å²) in [6, 6.07) is 0. The van der Waals surface area contributed by atoms with Crippen LogP contribution in [0.5, 0.6) is 0 Å². The predicted octanol–water partition coefficient (Wildman–Crippen LogP) is 2.94. The third-order valence-corrected chi connectivity index (χ3v) is 3.90. The van der Waals surface area contributed by atoms with Gasteiger partial charge in [-0.25, -0.2) is 8.78 Å². The number of halogens is 4. The molecule has 0 bridgehead atoms. The fourth-order valence-corrected chi connectivity index (χ4v) is 3.07. The maximum absolute atomic E-state index is 12.7. The van der Waals surface area contributed by atoms with Crippen LogP contribution in [-0.4, -0.2) is 18.1 Å². The SMILES string of the molecule is COC(=O)Cc1ncc(I)c(C(F)F)c1I. The number of rotatable bonds is 3. The van der Waals surface area contributed by atoms with E-state index in [4.69, 9.17) is 0 Å². The minimum Gasteiger partial charge on any atom is -0.469 e. The van der Waals surface area contributed by atoms with Crippen LogP contribution in [0.25, 0.3) is 0 Å². The summed E-state index contributed by atoms with van der Waals surface area (Å²) < 4.78 is 30.7. The van der Waals surface area contributed by atoms with Crippen LogP contribution in [0.3, 0.4) is 0 Å². The molecule has 0 aromatic carbocycles. The van der Waals surface area contributed by atoms with Gasteiger partial charge >= 0.3 is 5.97 Å². The average molecular weight is 453 g/mol. The molecule has 0 aliphatic carbocycles. The summed E-state index contributed by atoms with van der Waals surface area (Å²) in [5, 5.41) is 0. The molecular formula is C9H7F2I2NO2. The van der Waals surface area contributed by atoms with Crippen LogP contribution in [-0.2, 0) is 16.0 Å². The number of methoxy groups -OCH3 is 1. The van der Waals surface area contributed by atoms with Gasteiger partial charge in [-0.1, -0.05) is 0 Å². The Kier molecular flexibility index (Phi) is 5.28. The zero-order valence-electron chi connectivity index (χ0n) is 8.14. The highest BCUT2D eigenvalue weighted by Gasteiger charge is 2.20. The molecule has 0 saturated carbocycles. The van der Waals surface area contributed by atoms with Crippen molar-refractivity contribution in [2.45, 2.75) is 12.8 Å². The van der Waals surface area contributed by atoms with Gasteiger partial charge in [0, 0.05) is 18.9 Å². The van der Waals surface area contributed by atoms with Crippen LogP contribution in [0.2, 0.25) is 0 Å². The molecule has 0 saturated heterocycles. The number of hydrogen-bond acceptors (Lipinski definition) is 3. The van der Waals surface area contributed by atoms with E-state index in [1.54, 1.807) is 45.2 Å². The van der Waals surface area contributed by atoms with E-state index < -0.39 is 12.4 Å². The van der Waals surface area contributed by atoms with Crippen LogP contribution in [0.15, 0.2) is 6.20 Å². The van der Waals surface area contributed by atoms with E-state index in [0.717, 1.165) is 0 Å². The van der Waals surface area contributed by atoms with Crippen molar-refractivity contribution in [3.63, 3.8) is 0 Å². The van der Waals surface area contributed by atoms with Gasteiger partial charge in [-0.3, -0.25) is 9.78 Å². The second kappa shape index (κ2) is 6.03. The highest BCUT2D eigenvalue weighted by Crippen LogP contribution is 2.30. The molecule has 16 heavy (non-hydrogen) atoms. The lowest BCUT2D eigenvalue weighted by molar-refractivity contribution is -0.139. The highest BCUT2D eigenvalue weighted by atomic mass is 127. The largest absolute Gasteiger partial charge is 0.469 e. The summed E-state index contributed by atoms with van der Waals surface area (Å²) in [5.41, 5.74) is 0.248. The molecule has 0 fully saturated rings. The molecule has 0 aliphatic heterocycles. The average Bonchev–Trinajstić information content (AvgIpc) is 2.21. The first-order valence-electron chi connectivity index (χ1n) is 4.15. The Morgan fingerprint density at radius 1 is 1.56 bits per heavy atom. The van der Waals surface area contributed by atoms with Crippen molar-refractivity contribution in [3.8, 4) is 0 Å². The van der Waals surface area contributed by atoms with Crippen molar-refractivity contribution >= 4 is 51.2 Å². The standard InChI is InChI=1S/C9H7F2I2NO2/c1-16-6(15)2-5-8(13)7(9(10)11)4(12)3-14-5/h3,9H,2H2,1H3. The summed E-state index contributed by atoms with van der Waals surface area (Å²) >= 11 is 3.57. The number of alkyl halides is 2. The van der Waals surface area contributed by atoms with E-state index in [1.807, 2.05) is 0 Å². The molecule has 7 heteroatoms. The molecule has 1 aromatic rings. The van der Waals surface area contributed by atoms with Gasteiger partial charge < -0.3 is 4.74 Å². The topological polar surface area (TPSA) is 39.2 Å². The molecule has 0 radical (unpaired) electrons. The lowest BCUT2D eigenvalue weighted by Crippen LogP contribution is -2.10. The number of pyridine rings is 1. The summed E-state index contributed by atoms with van der Waals surface area (Å²) in [6.07, 6.45) is -1.33. The molecule has 88 valence electrons. The van der Waals surface area contributed by atoms with Gasteiger partial charge in [0.15, 0.2) is 0 Å².